The number of hydrogen-bond donors (Lipinski definition) is 0. The second-order valence-electron chi connectivity index (χ2n) is 31.1. The molecule has 4 nitrogen and oxygen atoms in total. The molecule has 0 atom stereocenters. The van der Waals surface area contributed by atoms with Gasteiger partial charge in [0, 0.05) is 43.5 Å². The van der Waals surface area contributed by atoms with E-state index in [0.717, 1.165) is 69.2 Å². The summed E-state index contributed by atoms with van der Waals surface area (Å²) in [6.07, 6.45) is 1.81. The maximum absolute atomic E-state index is 7.93. The summed E-state index contributed by atoms with van der Waals surface area (Å²) in [4.78, 5) is 0. The van der Waals surface area contributed by atoms with Crippen LogP contribution in [0.4, 0.5) is 0 Å². The second kappa shape index (κ2) is 19.6. The first-order chi connectivity index (χ1) is 44.0. The normalized spacial score (nSPS) is 13.8. The van der Waals surface area contributed by atoms with Crippen molar-refractivity contribution in [3.8, 4) is 78.9 Å². The van der Waals surface area contributed by atoms with Gasteiger partial charge in [0.05, 0.1) is 22.4 Å². The molecule has 13 aromatic rings. The number of benzene rings is 11. The maximum Gasteiger partial charge on any atom is 0.256 e. The van der Waals surface area contributed by atoms with Gasteiger partial charge in [-0.05, 0) is 183 Å². The van der Waals surface area contributed by atoms with E-state index >= 15 is 0 Å². The molecule has 2 aromatic heterocycles. The first kappa shape index (κ1) is 56.7. The van der Waals surface area contributed by atoms with Crippen LogP contribution in [0.25, 0.3) is 99.5 Å². The molecule has 0 bridgehead atoms. The minimum atomic E-state index is -0.208. The Morgan fingerprint density at radius 1 is 0.304 bits per heavy atom. The van der Waals surface area contributed by atoms with Crippen LogP contribution in [-0.2, 0) is 34.5 Å². The van der Waals surface area contributed by atoms with Gasteiger partial charge in [-0.1, -0.05) is 243 Å². The van der Waals surface area contributed by atoms with E-state index < -0.39 is 0 Å². The molecule has 4 aliphatic rings. The molecule has 17 rings (SSSR count). The number of nitrogens with zero attached hydrogens (tertiary/aromatic N) is 2. The van der Waals surface area contributed by atoms with Crippen molar-refractivity contribution < 1.29 is 9.47 Å². The Balaban J connectivity index is 1.02. The third-order valence-corrected chi connectivity index (χ3v) is 21.2. The average molecular weight is 1190 g/mol. The molecule has 450 valence electrons. The van der Waals surface area contributed by atoms with E-state index in [0.29, 0.717) is 0 Å². The van der Waals surface area contributed by atoms with Gasteiger partial charge in [0.25, 0.3) is 13.4 Å². The van der Waals surface area contributed by atoms with E-state index in [-0.39, 0.29) is 35.1 Å². The second-order valence-corrected chi connectivity index (χ2v) is 31.1. The third-order valence-electron chi connectivity index (χ3n) is 21.2. The molecule has 0 N–H and O–H groups in total. The van der Waals surface area contributed by atoms with E-state index in [1.54, 1.807) is 0 Å². The van der Waals surface area contributed by atoms with E-state index in [2.05, 4.69) is 300 Å². The van der Waals surface area contributed by atoms with Gasteiger partial charge < -0.3 is 18.6 Å². The molecule has 0 unspecified atom stereocenters. The van der Waals surface area contributed by atoms with Crippen molar-refractivity contribution in [1.29, 1.82) is 0 Å². The van der Waals surface area contributed by atoms with Gasteiger partial charge in [0.2, 0.25) is 0 Å². The van der Waals surface area contributed by atoms with Crippen molar-refractivity contribution in [2.24, 2.45) is 0 Å². The number of aromatic nitrogens is 2. The molecule has 6 heterocycles. The van der Waals surface area contributed by atoms with E-state index in [9.17, 15) is 0 Å². The van der Waals surface area contributed by atoms with Crippen LogP contribution in [0.2, 0.25) is 0 Å². The zero-order valence-corrected chi connectivity index (χ0v) is 55.8. The topological polar surface area (TPSA) is 28.3 Å². The number of fused-ring (bicyclic) bond motifs is 16. The quantitative estimate of drug-likeness (QED) is 0.155. The molecule has 0 amide bonds. The van der Waals surface area contributed by atoms with Gasteiger partial charge in [0.1, 0.15) is 23.0 Å². The lowest BCUT2D eigenvalue weighted by Crippen LogP contribution is -2.63. The van der Waals surface area contributed by atoms with Gasteiger partial charge in [-0.2, -0.15) is 0 Å². The van der Waals surface area contributed by atoms with Crippen LogP contribution in [0, 0.1) is 0 Å². The van der Waals surface area contributed by atoms with Crippen LogP contribution in [0.15, 0.2) is 194 Å². The van der Waals surface area contributed by atoms with Crippen molar-refractivity contribution in [1.82, 2.24) is 9.13 Å². The number of aryl methyl sites for hydroxylation is 2. The van der Waals surface area contributed by atoms with Gasteiger partial charge >= 0.3 is 0 Å². The van der Waals surface area contributed by atoms with Crippen molar-refractivity contribution in [2.45, 2.75) is 131 Å². The highest BCUT2D eigenvalue weighted by Crippen LogP contribution is 2.50. The summed E-state index contributed by atoms with van der Waals surface area (Å²) >= 11 is 0. The molecule has 0 saturated carbocycles. The summed E-state index contributed by atoms with van der Waals surface area (Å²) < 4.78 is 21.1. The van der Waals surface area contributed by atoms with Crippen molar-refractivity contribution >= 4 is 89.8 Å². The summed E-state index contributed by atoms with van der Waals surface area (Å²) in [6, 6.07) is 75.7. The van der Waals surface area contributed by atoms with Crippen LogP contribution < -0.4 is 42.3 Å². The summed E-state index contributed by atoms with van der Waals surface area (Å²) in [5.41, 5.74) is 31.6. The fourth-order valence-corrected chi connectivity index (χ4v) is 16.0. The predicted octanol–water partition coefficient (Wildman–Crippen LogP) is 18.7. The van der Waals surface area contributed by atoms with E-state index in [1.165, 1.54) is 132 Å². The Hall–Kier alpha value is -9.25. The molecule has 0 spiro atoms. The molecule has 0 fully saturated rings. The SMILES string of the molecule is CCc1ccc2c(c1)B1c3c(c4c5c(c3-n3c6ccc(-c7ccc(C(C)(C)C)cc7)cc6c6cc(-c7ccc(C(C)(C)C)cc7)cc1c63)Oc1ccc(CC)cc1B5c1cc(-c3ccc(C(C)(C)C)cc3)cc3c5cc(-c6ccc(C(C)(C)C)cc6)ccc5n-4c13)O2. The van der Waals surface area contributed by atoms with Crippen molar-refractivity contribution in [3.05, 3.63) is 228 Å². The lowest BCUT2D eigenvalue weighted by Gasteiger charge is -2.41. The Labute approximate surface area is 543 Å². The first-order valence-electron chi connectivity index (χ1n) is 33.6. The summed E-state index contributed by atoms with van der Waals surface area (Å²) in [5, 5.41) is 4.88. The average Bonchev–Trinajstić information content (AvgIpc) is 1.29. The van der Waals surface area contributed by atoms with Crippen molar-refractivity contribution in [2.75, 3.05) is 0 Å². The largest absolute Gasteiger partial charge is 0.456 e. The minimum absolute atomic E-state index is 0.0179. The van der Waals surface area contributed by atoms with Crippen LogP contribution in [-0.4, -0.2) is 22.6 Å². The minimum Gasteiger partial charge on any atom is -0.456 e. The highest BCUT2D eigenvalue weighted by atomic mass is 16.5. The third kappa shape index (κ3) is 8.44. The fraction of sp³-hybridized carbons (Fsp3) is 0.233. The van der Waals surface area contributed by atoms with E-state index in [1.807, 2.05) is 0 Å². The molecule has 11 aromatic carbocycles. The van der Waals surface area contributed by atoms with Gasteiger partial charge in [0.15, 0.2) is 0 Å². The fourth-order valence-electron chi connectivity index (χ4n) is 16.0. The Morgan fingerprint density at radius 3 is 0.924 bits per heavy atom. The lowest BCUT2D eigenvalue weighted by atomic mass is 9.31. The highest BCUT2D eigenvalue weighted by Gasteiger charge is 2.51. The monoisotopic (exact) mass is 1190 g/mol. The number of rotatable bonds is 6. The van der Waals surface area contributed by atoms with Gasteiger partial charge in [-0.15, -0.1) is 0 Å². The standard InChI is InChI=1S/C86H78B2N2O2/c1-15-49-17-39-73-67(41-49)87-69-47-57(53-23-33-61(34-24-53)85(9,10)11)45-65-63-43-55(51-19-29-59(30-20-51)83(3,4)5)27-37-71(63)89(77(65)69)79-75(87)81(91-73)80-76-82(79)92-74-40-18-50(16-2)42-68(74)88(76)70-48-58(54-25-35-62(36-26-54)86(12,13)14)46-66-64-44-56(28-38-72(64)90(80)78(66)70)52-21-31-60(32-22-52)84(6,7)8/h17-48H,15-16H2,1-14H3. The Kier molecular flexibility index (Phi) is 12.1. The molecule has 0 saturated heterocycles. The summed E-state index contributed by atoms with van der Waals surface area (Å²) in [7, 11) is 0. The van der Waals surface area contributed by atoms with Crippen molar-refractivity contribution in [3.63, 3.8) is 0 Å². The van der Waals surface area contributed by atoms with Gasteiger partial charge in [-0.25, -0.2) is 0 Å². The highest BCUT2D eigenvalue weighted by molar-refractivity contribution is 7.02. The zero-order valence-electron chi connectivity index (χ0n) is 55.8. The number of ether oxygens (including phenoxy) is 2. The molecule has 92 heavy (non-hydrogen) atoms. The van der Waals surface area contributed by atoms with Crippen LogP contribution >= 0.6 is 0 Å². The molecular weight excluding hydrogens is 1110 g/mol. The molecule has 4 aliphatic heterocycles. The smallest absolute Gasteiger partial charge is 0.256 e. The molecular formula is C86H78B2N2O2. The summed E-state index contributed by atoms with van der Waals surface area (Å²) in [5.74, 6) is 3.59. The molecule has 6 heteroatoms. The van der Waals surface area contributed by atoms with Crippen LogP contribution in [0.1, 0.15) is 130 Å². The van der Waals surface area contributed by atoms with Gasteiger partial charge in [-0.3, -0.25) is 0 Å². The van der Waals surface area contributed by atoms with Crippen LogP contribution in [0.3, 0.4) is 0 Å². The first-order valence-corrected chi connectivity index (χ1v) is 33.6. The summed E-state index contributed by atoms with van der Waals surface area (Å²) in [6.45, 7) is 31.7. The maximum atomic E-state index is 7.93. The van der Waals surface area contributed by atoms with E-state index in [4.69, 9.17) is 9.47 Å². The van der Waals surface area contributed by atoms with Crippen LogP contribution in [0.5, 0.6) is 23.0 Å². The Morgan fingerprint density at radius 2 is 0.609 bits per heavy atom. The predicted molar refractivity (Wildman–Crippen MR) is 393 cm³/mol. The molecule has 0 aliphatic carbocycles. The number of hydrogen-bond acceptors (Lipinski definition) is 2. The molecule has 0 radical (unpaired) electrons. The lowest BCUT2D eigenvalue weighted by molar-refractivity contribution is 0.472. The zero-order chi connectivity index (χ0) is 63.4. The Bertz CT molecular complexity index is 4970.